The molecule has 0 saturated carbocycles. The number of rotatable bonds is 1. The molecule has 7 heavy (non-hydrogen) atoms. The van der Waals surface area contributed by atoms with Gasteiger partial charge in [-0.25, -0.2) is 0 Å². The molecule has 0 aromatic rings. The van der Waals surface area contributed by atoms with Gasteiger partial charge in [-0.3, -0.25) is 4.21 Å². The zero-order valence-corrected chi connectivity index (χ0v) is 5.12. The Hall–Kier alpha value is -0.150. The zero-order chi connectivity index (χ0) is 5.86. The van der Waals surface area contributed by atoms with Crippen molar-refractivity contribution in [2.75, 3.05) is 0 Å². The van der Waals surface area contributed by atoms with Gasteiger partial charge in [0.2, 0.25) is 0 Å². The molecule has 0 spiro atoms. The van der Waals surface area contributed by atoms with Crippen molar-refractivity contribution in [2.24, 2.45) is 0 Å². The molecule has 0 aliphatic rings. The third kappa shape index (κ3) is 5.85. The number of hydrogen-bond donors (Lipinski definition) is 0. The smallest absolute Gasteiger partial charge is 0.0129 e. The van der Waals surface area contributed by atoms with Crippen LogP contribution in [0.25, 0.3) is 0 Å². The lowest BCUT2D eigenvalue weighted by molar-refractivity contribution is 0.546. The maximum absolute atomic E-state index is 9.73. The second-order valence-electron chi connectivity index (χ2n) is 1.46. The minimum atomic E-state index is -2.01. The summed E-state index contributed by atoms with van der Waals surface area (Å²) in [6.45, 7) is 3.46. The van der Waals surface area contributed by atoms with Crippen molar-refractivity contribution in [1.29, 1.82) is 0 Å². The Balaban J connectivity index is 3.68. The van der Waals surface area contributed by atoms with Crippen LogP contribution < -0.4 is 0 Å². The van der Waals surface area contributed by atoms with E-state index in [2.05, 4.69) is 0 Å². The van der Waals surface area contributed by atoms with Crippen LogP contribution in [0.2, 0.25) is 0 Å². The SMILES string of the molecule is CC(C)=CS(=O)[O-]. The summed E-state index contributed by atoms with van der Waals surface area (Å²) in [7, 11) is 0. The van der Waals surface area contributed by atoms with Gasteiger partial charge in [0.05, 0.1) is 0 Å². The Bertz CT molecular complexity index is 102. The van der Waals surface area contributed by atoms with Crippen molar-refractivity contribution in [1.82, 2.24) is 0 Å². The van der Waals surface area contributed by atoms with Gasteiger partial charge in [-0.2, -0.15) is 0 Å². The van der Waals surface area contributed by atoms with E-state index in [1.54, 1.807) is 13.8 Å². The molecule has 3 heteroatoms. The summed E-state index contributed by atoms with van der Waals surface area (Å²) in [6.07, 6.45) is 0. The zero-order valence-electron chi connectivity index (χ0n) is 4.30. The third-order valence-electron chi connectivity index (χ3n) is 0.332. The molecule has 0 fully saturated rings. The Labute approximate surface area is 45.5 Å². The molecule has 0 aliphatic heterocycles. The fraction of sp³-hybridized carbons (Fsp3) is 0.500. The monoisotopic (exact) mass is 119 g/mol. The molecule has 0 amide bonds. The minimum absolute atomic E-state index is 0.799. The lowest BCUT2D eigenvalue weighted by atomic mass is 10.4. The molecular formula is C4H7O2S-. The summed E-state index contributed by atoms with van der Waals surface area (Å²) < 4.78 is 19.5. The Morgan fingerprint density at radius 2 is 2.14 bits per heavy atom. The predicted molar refractivity (Wildman–Crippen MR) is 28.4 cm³/mol. The number of hydrogen-bond acceptors (Lipinski definition) is 2. The van der Waals surface area contributed by atoms with Crippen LogP contribution in [0.15, 0.2) is 11.0 Å². The van der Waals surface area contributed by atoms with E-state index in [4.69, 9.17) is 0 Å². The van der Waals surface area contributed by atoms with Gasteiger partial charge in [-0.1, -0.05) is 5.57 Å². The summed E-state index contributed by atoms with van der Waals surface area (Å²) in [4.78, 5) is 0. The van der Waals surface area contributed by atoms with Crippen molar-refractivity contribution in [3.05, 3.63) is 11.0 Å². The molecule has 0 aromatic heterocycles. The molecule has 0 aliphatic carbocycles. The average molecular weight is 119 g/mol. The van der Waals surface area contributed by atoms with E-state index in [1.807, 2.05) is 0 Å². The predicted octanol–water partition coefficient (Wildman–Crippen LogP) is 0.789. The van der Waals surface area contributed by atoms with E-state index in [0.717, 1.165) is 5.57 Å². The van der Waals surface area contributed by atoms with Crippen LogP contribution in [0.1, 0.15) is 13.8 Å². The fourth-order valence-electron chi connectivity index (χ4n) is 0.192. The van der Waals surface area contributed by atoms with Crippen molar-refractivity contribution in [2.45, 2.75) is 13.8 Å². The maximum Gasteiger partial charge on any atom is -0.0129 e. The molecule has 0 saturated heterocycles. The highest BCUT2D eigenvalue weighted by molar-refractivity contribution is 7.82. The molecule has 0 N–H and O–H groups in total. The minimum Gasteiger partial charge on any atom is -0.769 e. The van der Waals surface area contributed by atoms with Crippen LogP contribution in [0.5, 0.6) is 0 Å². The topological polar surface area (TPSA) is 40.1 Å². The molecule has 0 radical (unpaired) electrons. The van der Waals surface area contributed by atoms with Crippen LogP contribution in [0.4, 0.5) is 0 Å². The van der Waals surface area contributed by atoms with E-state index in [0.29, 0.717) is 0 Å². The van der Waals surface area contributed by atoms with Crippen molar-refractivity contribution in [3.8, 4) is 0 Å². The summed E-state index contributed by atoms with van der Waals surface area (Å²) in [6, 6.07) is 0. The first-order valence-electron chi connectivity index (χ1n) is 1.86. The third-order valence-corrected chi connectivity index (χ3v) is 0.996. The normalized spacial score (nSPS) is 13.0. The van der Waals surface area contributed by atoms with E-state index in [1.165, 1.54) is 5.41 Å². The summed E-state index contributed by atoms with van der Waals surface area (Å²) >= 11 is -2.01. The first-order valence-corrected chi connectivity index (χ1v) is 3.00. The van der Waals surface area contributed by atoms with Gasteiger partial charge in [0, 0.05) is 0 Å². The summed E-state index contributed by atoms with van der Waals surface area (Å²) in [5.74, 6) is 0. The Morgan fingerprint density at radius 3 is 2.14 bits per heavy atom. The van der Waals surface area contributed by atoms with E-state index < -0.39 is 11.1 Å². The highest BCUT2D eigenvalue weighted by Gasteiger charge is 1.71. The molecule has 0 bridgehead atoms. The van der Waals surface area contributed by atoms with Gasteiger partial charge in [0.25, 0.3) is 0 Å². The van der Waals surface area contributed by atoms with Crippen LogP contribution in [-0.2, 0) is 11.1 Å². The van der Waals surface area contributed by atoms with Crippen LogP contribution in [-0.4, -0.2) is 8.76 Å². The molecule has 2 nitrogen and oxygen atoms in total. The molecule has 0 aromatic carbocycles. The summed E-state index contributed by atoms with van der Waals surface area (Å²) in [5.41, 5.74) is 0.799. The standard InChI is InChI=1S/C4H8O2S/c1-4(2)3-7(5)6/h3H,1-2H3,(H,5,6)/p-1. The van der Waals surface area contributed by atoms with Crippen molar-refractivity contribution >= 4 is 11.1 Å². The van der Waals surface area contributed by atoms with Gasteiger partial charge >= 0.3 is 0 Å². The second-order valence-corrected chi connectivity index (χ2v) is 2.21. The average Bonchev–Trinajstić information content (AvgIpc) is 1.27. The van der Waals surface area contributed by atoms with Crippen molar-refractivity contribution in [3.63, 3.8) is 0 Å². The van der Waals surface area contributed by atoms with Crippen LogP contribution in [0.3, 0.4) is 0 Å². The van der Waals surface area contributed by atoms with Gasteiger partial charge in [0.15, 0.2) is 0 Å². The first-order chi connectivity index (χ1) is 3.13. The quantitative estimate of drug-likeness (QED) is 0.479. The molecule has 0 rings (SSSR count). The van der Waals surface area contributed by atoms with Gasteiger partial charge < -0.3 is 4.55 Å². The highest BCUT2D eigenvalue weighted by Crippen LogP contribution is 1.88. The van der Waals surface area contributed by atoms with E-state index >= 15 is 0 Å². The van der Waals surface area contributed by atoms with Gasteiger partial charge in [-0.05, 0) is 30.3 Å². The molecule has 42 valence electrons. The largest absolute Gasteiger partial charge is 0.769 e. The lowest BCUT2D eigenvalue weighted by Gasteiger charge is -1.94. The Kier molecular flexibility index (Phi) is 2.87. The van der Waals surface area contributed by atoms with Gasteiger partial charge in [0.1, 0.15) is 0 Å². The molecule has 0 heterocycles. The highest BCUT2D eigenvalue weighted by atomic mass is 32.2. The summed E-state index contributed by atoms with van der Waals surface area (Å²) in [5, 5.41) is 1.17. The van der Waals surface area contributed by atoms with Crippen LogP contribution >= 0.6 is 0 Å². The van der Waals surface area contributed by atoms with E-state index in [-0.39, 0.29) is 0 Å². The van der Waals surface area contributed by atoms with E-state index in [9.17, 15) is 8.76 Å². The lowest BCUT2D eigenvalue weighted by Crippen LogP contribution is -1.77. The molecule has 1 unspecified atom stereocenters. The molecular weight excluding hydrogens is 112 g/mol. The maximum atomic E-state index is 9.73. The second kappa shape index (κ2) is 2.93. The number of allylic oxidation sites excluding steroid dienone is 1. The Morgan fingerprint density at radius 1 is 1.71 bits per heavy atom. The fourth-order valence-corrected chi connectivity index (χ4v) is 0.577. The van der Waals surface area contributed by atoms with Gasteiger partial charge in [-0.15, -0.1) is 0 Å². The first kappa shape index (κ1) is 6.85. The molecule has 1 atom stereocenters. The van der Waals surface area contributed by atoms with Crippen LogP contribution in [0, 0.1) is 0 Å². The van der Waals surface area contributed by atoms with Crippen molar-refractivity contribution < 1.29 is 8.76 Å².